The monoisotopic (exact) mass is 310 g/mol. The van der Waals surface area contributed by atoms with Crippen molar-refractivity contribution < 1.29 is 4.79 Å². The lowest BCUT2D eigenvalue weighted by Crippen LogP contribution is -2.28. The van der Waals surface area contributed by atoms with Gasteiger partial charge in [-0.15, -0.1) is 0 Å². The summed E-state index contributed by atoms with van der Waals surface area (Å²) >= 11 is 0. The van der Waals surface area contributed by atoms with Crippen LogP contribution in [0.5, 0.6) is 0 Å². The number of nitrogens with one attached hydrogen (secondary N) is 1. The number of carbonyl (C=O) groups is 1. The molecule has 2 aromatic rings. The first kappa shape index (κ1) is 15.5. The molecule has 120 valence electrons. The summed E-state index contributed by atoms with van der Waals surface area (Å²) in [6.45, 7) is 4.69. The molecule has 0 radical (unpaired) electrons. The third-order valence-electron chi connectivity index (χ3n) is 4.23. The van der Waals surface area contributed by atoms with Crippen molar-refractivity contribution in [1.29, 1.82) is 0 Å². The minimum absolute atomic E-state index is 0.124. The Bertz CT molecular complexity index is 636. The average molecular weight is 310 g/mol. The summed E-state index contributed by atoms with van der Waals surface area (Å²) in [5, 5.41) is 2.95. The molecule has 23 heavy (non-hydrogen) atoms. The molecule has 0 bridgehead atoms. The van der Waals surface area contributed by atoms with Crippen molar-refractivity contribution in [3.8, 4) is 0 Å². The van der Waals surface area contributed by atoms with Gasteiger partial charge in [0.1, 0.15) is 0 Å². The number of rotatable bonds is 5. The maximum absolute atomic E-state index is 12.2. The fourth-order valence-corrected chi connectivity index (χ4v) is 2.77. The zero-order chi connectivity index (χ0) is 16.1. The Kier molecular flexibility index (Phi) is 4.86. The highest BCUT2D eigenvalue weighted by Gasteiger charge is 2.16. The predicted octanol–water partition coefficient (Wildman–Crippen LogP) is 2.61. The maximum atomic E-state index is 12.2. The average Bonchev–Trinajstić information content (AvgIpc) is 3.15. The Balaban J connectivity index is 1.55. The van der Waals surface area contributed by atoms with E-state index in [2.05, 4.69) is 39.2 Å². The van der Waals surface area contributed by atoms with Gasteiger partial charge in [-0.3, -0.25) is 4.79 Å². The van der Waals surface area contributed by atoms with Crippen LogP contribution in [0.1, 0.15) is 41.6 Å². The quantitative estimate of drug-likeness (QED) is 0.922. The first-order chi connectivity index (χ1) is 11.2. The molecule has 1 aliphatic rings. The van der Waals surface area contributed by atoms with E-state index in [1.165, 1.54) is 18.4 Å². The van der Waals surface area contributed by atoms with Crippen molar-refractivity contribution >= 4 is 11.9 Å². The van der Waals surface area contributed by atoms with E-state index in [9.17, 15) is 4.79 Å². The number of hydrogen-bond donors (Lipinski definition) is 1. The zero-order valence-corrected chi connectivity index (χ0v) is 13.4. The molecule has 1 aliphatic heterocycles. The minimum Gasteiger partial charge on any atom is -0.351 e. The molecule has 5 heteroatoms. The highest BCUT2D eigenvalue weighted by molar-refractivity contribution is 5.93. The van der Waals surface area contributed by atoms with Crippen LogP contribution >= 0.6 is 0 Å². The van der Waals surface area contributed by atoms with Crippen LogP contribution in [0.2, 0.25) is 0 Å². The first-order valence-electron chi connectivity index (χ1n) is 8.14. The van der Waals surface area contributed by atoms with Crippen molar-refractivity contribution in [2.24, 2.45) is 0 Å². The topological polar surface area (TPSA) is 58.1 Å². The maximum Gasteiger partial charge on any atom is 0.254 e. The lowest BCUT2D eigenvalue weighted by molar-refractivity contribution is 0.0951. The second kappa shape index (κ2) is 7.22. The second-order valence-electron chi connectivity index (χ2n) is 5.99. The summed E-state index contributed by atoms with van der Waals surface area (Å²) in [6, 6.07) is 10.2. The highest BCUT2D eigenvalue weighted by atomic mass is 16.1. The normalized spacial score (nSPS) is 15.4. The Morgan fingerprint density at radius 3 is 2.48 bits per heavy atom. The van der Waals surface area contributed by atoms with Crippen LogP contribution in [0.25, 0.3) is 0 Å². The van der Waals surface area contributed by atoms with Gasteiger partial charge in [-0.2, -0.15) is 0 Å². The van der Waals surface area contributed by atoms with Gasteiger partial charge in [-0.1, -0.05) is 37.3 Å². The Morgan fingerprint density at radius 1 is 1.17 bits per heavy atom. The third-order valence-corrected chi connectivity index (χ3v) is 4.23. The molecule has 1 aromatic carbocycles. The van der Waals surface area contributed by atoms with Gasteiger partial charge in [-0.05, 0) is 24.3 Å². The molecule has 5 nitrogen and oxygen atoms in total. The van der Waals surface area contributed by atoms with Crippen molar-refractivity contribution in [3.63, 3.8) is 0 Å². The van der Waals surface area contributed by atoms with Gasteiger partial charge in [0.05, 0.1) is 5.56 Å². The van der Waals surface area contributed by atoms with Gasteiger partial charge in [0.2, 0.25) is 5.95 Å². The summed E-state index contributed by atoms with van der Waals surface area (Å²) in [6.07, 6.45) is 5.60. The van der Waals surface area contributed by atoms with Crippen molar-refractivity contribution in [2.45, 2.75) is 25.7 Å². The smallest absolute Gasteiger partial charge is 0.254 e. The fraction of sp³-hybridized carbons (Fsp3) is 0.389. The molecule has 1 unspecified atom stereocenters. The van der Waals surface area contributed by atoms with Crippen LogP contribution in [0.15, 0.2) is 42.7 Å². The van der Waals surface area contributed by atoms with Gasteiger partial charge >= 0.3 is 0 Å². The molecule has 1 amide bonds. The van der Waals surface area contributed by atoms with E-state index >= 15 is 0 Å². The van der Waals surface area contributed by atoms with E-state index in [0.717, 1.165) is 19.0 Å². The molecule has 0 spiro atoms. The SMILES string of the molecule is CC(CNC(=O)c1cnc(N2CCCC2)nc1)c1ccccc1. The molecular formula is C18H22N4O. The van der Waals surface area contributed by atoms with Gasteiger partial charge in [-0.25, -0.2) is 9.97 Å². The van der Waals surface area contributed by atoms with Crippen LogP contribution in [-0.2, 0) is 0 Å². The summed E-state index contributed by atoms with van der Waals surface area (Å²) < 4.78 is 0. The molecule has 2 heterocycles. The number of carbonyl (C=O) groups excluding carboxylic acids is 1. The Labute approximate surface area is 136 Å². The molecule has 1 N–H and O–H groups in total. The van der Waals surface area contributed by atoms with E-state index in [1.807, 2.05) is 18.2 Å². The lowest BCUT2D eigenvalue weighted by Gasteiger charge is -2.15. The van der Waals surface area contributed by atoms with Crippen LogP contribution < -0.4 is 10.2 Å². The molecule has 0 saturated carbocycles. The second-order valence-corrected chi connectivity index (χ2v) is 5.99. The van der Waals surface area contributed by atoms with Crippen LogP contribution in [0.4, 0.5) is 5.95 Å². The summed E-state index contributed by atoms with van der Waals surface area (Å²) in [5.41, 5.74) is 1.72. The number of amides is 1. The largest absolute Gasteiger partial charge is 0.351 e. The summed E-state index contributed by atoms with van der Waals surface area (Å²) in [4.78, 5) is 23.0. The Hall–Kier alpha value is -2.43. The molecule has 1 saturated heterocycles. The summed E-state index contributed by atoms with van der Waals surface area (Å²) in [7, 11) is 0. The fourth-order valence-electron chi connectivity index (χ4n) is 2.77. The van der Waals surface area contributed by atoms with Gasteiger partial charge in [0.15, 0.2) is 0 Å². The third kappa shape index (κ3) is 3.86. The number of anilines is 1. The predicted molar refractivity (Wildman–Crippen MR) is 90.7 cm³/mol. The molecule has 0 aliphatic carbocycles. The molecule has 3 rings (SSSR count). The van der Waals surface area contributed by atoms with E-state index in [1.54, 1.807) is 12.4 Å². The van der Waals surface area contributed by atoms with Crippen LogP contribution in [0.3, 0.4) is 0 Å². The van der Waals surface area contributed by atoms with Gasteiger partial charge < -0.3 is 10.2 Å². The highest BCUT2D eigenvalue weighted by Crippen LogP contribution is 2.15. The van der Waals surface area contributed by atoms with Crippen molar-refractivity contribution in [2.75, 3.05) is 24.5 Å². The molecule has 1 fully saturated rings. The molecule has 1 aromatic heterocycles. The number of nitrogens with zero attached hydrogens (tertiary/aromatic N) is 3. The van der Waals surface area contributed by atoms with Crippen molar-refractivity contribution in [1.82, 2.24) is 15.3 Å². The molecule has 1 atom stereocenters. The van der Waals surface area contributed by atoms with Crippen LogP contribution in [0, 0.1) is 0 Å². The zero-order valence-electron chi connectivity index (χ0n) is 13.4. The van der Waals surface area contributed by atoms with Crippen molar-refractivity contribution in [3.05, 3.63) is 53.9 Å². The van der Waals surface area contributed by atoms with Gasteiger partial charge in [0.25, 0.3) is 5.91 Å². The van der Waals surface area contributed by atoms with E-state index in [4.69, 9.17) is 0 Å². The van der Waals surface area contributed by atoms with E-state index < -0.39 is 0 Å². The van der Waals surface area contributed by atoms with E-state index in [0.29, 0.717) is 12.1 Å². The molecular weight excluding hydrogens is 288 g/mol. The summed E-state index contributed by atoms with van der Waals surface area (Å²) in [5.74, 6) is 0.863. The number of hydrogen-bond acceptors (Lipinski definition) is 4. The standard InChI is InChI=1S/C18H22N4O/c1-14(15-7-3-2-4-8-15)11-19-17(23)16-12-20-18(21-13-16)22-9-5-6-10-22/h2-4,7-8,12-14H,5-6,9-11H2,1H3,(H,19,23). The number of aromatic nitrogens is 2. The minimum atomic E-state index is -0.124. The van der Waals surface area contributed by atoms with E-state index in [-0.39, 0.29) is 11.8 Å². The Morgan fingerprint density at radius 2 is 1.83 bits per heavy atom. The number of benzene rings is 1. The first-order valence-corrected chi connectivity index (χ1v) is 8.14. The van der Waals surface area contributed by atoms with Gasteiger partial charge in [0, 0.05) is 32.0 Å². The lowest BCUT2D eigenvalue weighted by atomic mass is 10.0. The van der Waals surface area contributed by atoms with Crippen LogP contribution in [-0.4, -0.2) is 35.5 Å².